The van der Waals surface area contributed by atoms with Gasteiger partial charge in [-0.15, -0.1) is 0 Å². The molecule has 204 valence electrons. The van der Waals surface area contributed by atoms with Crippen LogP contribution >= 0.6 is 11.6 Å². The highest BCUT2D eigenvalue weighted by atomic mass is 35.5. The smallest absolute Gasteiger partial charge is 0.250 e. The third-order valence-electron chi connectivity index (χ3n) is 7.90. The first-order chi connectivity index (χ1) is 19.0. The second-order valence-corrected chi connectivity index (χ2v) is 10.9. The lowest BCUT2D eigenvalue weighted by molar-refractivity contribution is -0.139. The van der Waals surface area contributed by atoms with E-state index in [2.05, 4.69) is 34.5 Å². The van der Waals surface area contributed by atoms with E-state index in [1.165, 1.54) is 5.56 Å². The lowest BCUT2D eigenvalue weighted by atomic mass is 9.85. The minimum Gasteiger partial charge on any atom is -0.341 e. The molecule has 0 aliphatic carbocycles. The molecule has 39 heavy (non-hydrogen) atoms. The van der Waals surface area contributed by atoms with E-state index >= 15 is 0 Å². The summed E-state index contributed by atoms with van der Waals surface area (Å²) in [5.41, 5.74) is 8.90. The Morgan fingerprint density at radius 1 is 0.923 bits per heavy atom. The molecule has 2 heterocycles. The summed E-state index contributed by atoms with van der Waals surface area (Å²) in [5.74, 6) is 0.0731. The van der Waals surface area contributed by atoms with Crippen molar-refractivity contribution in [2.45, 2.75) is 37.4 Å². The number of hydrogen-bond donors (Lipinski definition) is 2. The average Bonchev–Trinajstić information content (AvgIpc) is 3.24. The fourth-order valence-electron chi connectivity index (χ4n) is 5.71. The van der Waals surface area contributed by atoms with Crippen molar-refractivity contribution in [2.75, 3.05) is 37.7 Å². The fraction of sp³-hybridized carbons (Fsp3) is 0.355. The maximum Gasteiger partial charge on any atom is 0.250 e. The molecule has 2 amide bonds. The van der Waals surface area contributed by atoms with Gasteiger partial charge in [0.1, 0.15) is 5.54 Å². The Balaban J connectivity index is 1.23. The van der Waals surface area contributed by atoms with E-state index in [1.807, 2.05) is 70.5 Å². The van der Waals surface area contributed by atoms with Crippen molar-refractivity contribution in [3.8, 4) is 0 Å². The van der Waals surface area contributed by atoms with Crippen molar-refractivity contribution in [2.24, 2.45) is 5.73 Å². The molecular formula is C31H36ClN5O2. The molecule has 2 saturated heterocycles. The monoisotopic (exact) mass is 545 g/mol. The van der Waals surface area contributed by atoms with Crippen LogP contribution in [0.25, 0.3) is 0 Å². The van der Waals surface area contributed by atoms with Crippen molar-refractivity contribution in [1.29, 1.82) is 0 Å². The number of piperidine rings is 1. The second kappa shape index (κ2) is 12.2. The van der Waals surface area contributed by atoms with Crippen LogP contribution in [0.2, 0.25) is 5.02 Å². The Bertz CT molecular complexity index is 1250. The minimum absolute atomic E-state index is 0.0709. The number of hydrogen-bond acceptors (Lipinski definition) is 5. The first-order valence-corrected chi connectivity index (χ1v) is 14.0. The fourth-order valence-corrected chi connectivity index (χ4v) is 5.83. The SMILES string of the molecule is N[C@H](Cc1ccc(Cl)cc1)C(=O)N1CCC2(CC1)C(=O)N(CCNCc1ccccc1)CN2c1ccccc1. The van der Waals surface area contributed by atoms with Gasteiger partial charge < -0.3 is 25.8 Å². The van der Waals surface area contributed by atoms with E-state index < -0.39 is 11.6 Å². The van der Waals surface area contributed by atoms with Crippen molar-refractivity contribution in [3.05, 3.63) is 101 Å². The number of nitrogens with one attached hydrogen (secondary N) is 1. The zero-order valence-corrected chi connectivity index (χ0v) is 22.9. The largest absolute Gasteiger partial charge is 0.341 e. The summed E-state index contributed by atoms with van der Waals surface area (Å²) in [5, 5.41) is 4.12. The van der Waals surface area contributed by atoms with E-state index in [0.717, 1.165) is 17.8 Å². The number of carbonyl (C=O) groups is 2. The van der Waals surface area contributed by atoms with Gasteiger partial charge in [-0.3, -0.25) is 9.59 Å². The van der Waals surface area contributed by atoms with Crippen LogP contribution < -0.4 is 16.0 Å². The average molecular weight is 546 g/mol. The summed E-state index contributed by atoms with van der Waals surface area (Å²) in [6, 6.07) is 27.2. The first kappa shape index (κ1) is 27.2. The molecule has 8 heteroatoms. The normalized spacial score (nSPS) is 17.6. The van der Waals surface area contributed by atoms with Crippen LogP contribution in [0.15, 0.2) is 84.9 Å². The summed E-state index contributed by atoms with van der Waals surface area (Å²) in [6.07, 6.45) is 1.61. The van der Waals surface area contributed by atoms with Crippen LogP contribution in [0.3, 0.4) is 0 Å². The number of nitrogens with zero attached hydrogens (tertiary/aromatic N) is 3. The van der Waals surface area contributed by atoms with Gasteiger partial charge in [0.25, 0.3) is 0 Å². The van der Waals surface area contributed by atoms with E-state index in [-0.39, 0.29) is 11.8 Å². The van der Waals surface area contributed by atoms with Crippen LogP contribution in [0.1, 0.15) is 24.0 Å². The van der Waals surface area contributed by atoms with E-state index in [9.17, 15) is 9.59 Å². The van der Waals surface area contributed by atoms with Gasteiger partial charge in [0.05, 0.1) is 12.7 Å². The maximum atomic E-state index is 13.9. The van der Waals surface area contributed by atoms with Gasteiger partial charge in [-0.2, -0.15) is 0 Å². The van der Waals surface area contributed by atoms with Gasteiger partial charge in [0, 0.05) is 43.4 Å². The Kier molecular flexibility index (Phi) is 8.50. The zero-order chi connectivity index (χ0) is 27.2. The van der Waals surface area contributed by atoms with Crippen molar-refractivity contribution >= 4 is 29.1 Å². The molecule has 3 aromatic carbocycles. The summed E-state index contributed by atoms with van der Waals surface area (Å²) in [7, 11) is 0. The summed E-state index contributed by atoms with van der Waals surface area (Å²) in [4.78, 5) is 33.2. The lowest BCUT2D eigenvalue weighted by Gasteiger charge is -2.43. The minimum atomic E-state index is -0.655. The van der Waals surface area contributed by atoms with Gasteiger partial charge in [-0.05, 0) is 54.7 Å². The topological polar surface area (TPSA) is 81.9 Å². The number of anilines is 1. The van der Waals surface area contributed by atoms with Gasteiger partial charge in [-0.25, -0.2) is 0 Å². The van der Waals surface area contributed by atoms with Crippen molar-refractivity contribution in [3.63, 3.8) is 0 Å². The highest BCUT2D eigenvalue weighted by Gasteiger charge is 2.54. The van der Waals surface area contributed by atoms with Crippen molar-refractivity contribution in [1.82, 2.24) is 15.1 Å². The molecule has 0 saturated carbocycles. The van der Waals surface area contributed by atoms with Crippen LogP contribution in [0.4, 0.5) is 5.69 Å². The van der Waals surface area contributed by atoms with Gasteiger partial charge in [-0.1, -0.05) is 72.3 Å². The van der Waals surface area contributed by atoms with Crippen LogP contribution in [-0.4, -0.2) is 66.0 Å². The van der Waals surface area contributed by atoms with Crippen LogP contribution in [0, 0.1) is 0 Å². The molecule has 7 nitrogen and oxygen atoms in total. The summed E-state index contributed by atoms with van der Waals surface area (Å²) in [6.45, 7) is 3.66. The molecule has 3 aromatic rings. The Labute approximate surface area is 235 Å². The van der Waals surface area contributed by atoms with E-state index in [1.54, 1.807) is 0 Å². The molecule has 1 atom stereocenters. The Hall–Kier alpha value is -3.39. The second-order valence-electron chi connectivity index (χ2n) is 10.4. The van der Waals surface area contributed by atoms with Crippen molar-refractivity contribution < 1.29 is 9.59 Å². The van der Waals surface area contributed by atoms with E-state index in [4.69, 9.17) is 17.3 Å². The number of para-hydroxylation sites is 1. The molecule has 2 fully saturated rings. The quantitative estimate of drug-likeness (QED) is 0.401. The summed E-state index contributed by atoms with van der Waals surface area (Å²) < 4.78 is 0. The number of benzene rings is 3. The number of halogens is 1. The first-order valence-electron chi connectivity index (χ1n) is 13.6. The third kappa shape index (κ3) is 6.11. The molecule has 3 N–H and O–H groups in total. The molecule has 0 unspecified atom stereocenters. The zero-order valence-electron chi connectivity index (χ0n) is 22.1. The maximum absolute atomic E-state index is 13.9. The Morgan fingerprint density at radius 3 is 2.23 bits per heavy atom. The molecule has 0 bridgehead atoms. The number of carbonyl (C=O) groups excluding carboxylic acids is 2. The Morgan fingerprint density at radius 2 is 1.56 bits per heavy atom. The molecule has 2 aliphatic rings. The van der Waals surface area contributed by atoms with Gasteiger partial charge in [0.2, 0.25) is 11.8 Å². The predicted octanol–water partition coefficient (Wildman–Crippen LogP) is 3.67. The molecule has 5 rings (SSSR count). The molecule has 2 aliphatic heterocycles. The highest BCUT2D eigenvalue weighted by Crippen LogP contribution is 2.39. The highest BCUT2D eigenvalue weighted by molar-refractivity contribution is 6.30. The number of nitrogens with two attached hydrogens (primary N) is 1. The molecule has 0 radical (unpaired) electrons. The van der Waals surface area contributed by atoms with Gasteiger partial charge in [0.15, 0.2) is 0 Å². The lowest BCUT2D eigenvalue weighted by Crippen LogP contribution is -2.59. The molecule has 0 aromatic heterocycles. The number of rotatable bonds is 9. The predicted molar refractivity (Wildman–Crippen MR) is 155 cm³/mol. The number of likely N-dealkylation sites (tertiary alicyclic amines) is 1. The van der Waals surface area contributed by atoms with Crippen LogP contribution in [0.5, 0.6) is 0 Å². The summed E-state index contributed by atoms with van der Waals surface area (Å²) >= 11 is 5.99. The molecule has 1 spiro atoms. The molecular weight excluding hydrogens is 510 g/mol. The van der Waals surface area contributed by atoms with Crippen LogP contribution in [-0.2, 0) is 22.6 Å². The standard InChI is InChI=1S/C31H36ClN5O2/c32-26-13-11-24(12-14-26)21-28(33)29(38)35-18-15-31(16-19-35)30(39)36(23-37(31)27-9-5-2-6-10-27)20-17-34-22-25-7-3-1-4-8-25/h1-14,28,34H,15-23,33H2/t28-/m1/s1. The third-order valence-corrected chi connectivity index (χ3v) is 8.15. The number of amides is 2. The van der Waals surface area contributed by atoms with E-state index in [0.29, 0.717) is 57.1 Å². The van der Waals surface area contributed by atoms with Gasteiger partial charge >= 0.3 is 0 Å².